The zero-order valence-corrected chi connectivity index (χ0v) is 14.1. The first kappa shape index (κ1) is 19.0. The molecule has 6 nitrogen and oxygen atoms in total. The summed E-state index contributed by atoms with van der Waals surface area (Å²) >= 11 is 0. The van der Waals surface area contributed by atoms with Crippen molar-refractivity contribution in [3.63, 3.8) is 0 Å². The molecule has 0 aliphatic carbocycles. The molecule has 2 rings (SSSR count). The van der Waals surface area contributed by atoms with Crippen molar-refractivity contribution < 1.29 is 24.7 Å². The Hall–Kier alpha value is -2.08. The number of fused-ring (bicyclic) bond motifs is 1. The van der Waals surface area contributed by atoms with E-state index in [1.165, 1.54) is 44.3 Å². The number of aryl methyl sites for hydroxylation is 2. The van der Waals surface area contributed by atoms with Crippen LogP contribution in [0.2, 0.25) is 0 Å². The highest BCUT2D eigenvalue weighted by molar-refractivity contribution is 5.88. The maximum atomic E-state index is 9.53. The number of carbonyl (C=O) groups excluding carboxylic acids is 1. The molecule has 0 bridgehead atoms. The molecule has 1 aliphatic heterocycles. The molecule has 1 aromatic heterocycles. The number of rotatable bonds is 5. The predicted molar refractivity (Wildman–Crippen MR) is 85.3 cm³/mol. The Balaban J connectivity index is 0.000000284. The van der Waals surface area contributed by atoms with Gasteiger partial charge in [-0.25, -0.2) is 4.79 Å². The minimum Gasteiger partial charge on any atom is -0.545 e. The van der Waals surface area contributed by atoms with Gasteiger partial charge in [-0.2, -0.15) is 0 Å². The Labute approximate surface area is 137 Å². The minimum atomic E-state index is -1.51. The molecule has 0 fully saturated rings. The topological polar surface area (TPSA) is 86.8 Å². The lowest BCUT2D eigenvalue weighted by molar-refractivity contribution is -0.858. The normalized spacial score (nSPS) is 13.6. The Kier molecular flexibility index (Phi) is 7.54. The lowest BCUT2D eigenvalue weighted by Crippen LogP contribution is -3.06. The summed E-state index contributed by atoms with van der Waals surface area (Å²) in [5.41, 5.74) is 4.67. The molecule has 1 aromatic rings. The van der Waals surface area contributed by atoms with Gasteiger partial charge in [0.05, 0.1) is 26.6 Å². The molecule has 0 radical (unpaired) electrons. The van der Waals surface area contributed by atoms with E-state index in [4.69, 9.17) is 5.11 Å². The number of carboxylic acid groups (broad SMARTS) is 2. The van der Waals surface area contributed by atoms with E-state index >= 15 is 0 Å². The van der Waals surface area contributed by atoms with E-state index in [0.29, 0.717) is 12.2 Å². The molecule has 0 aromatic carbocycles. The van der Waals surface area contributed by atoms with Crippen molar-refractivity contribution in [3.8, 4) is 0 Å². The van der Waals surface area contributed by atoms with Gasteiger partial charge in [0.15, 0.2) is 0 Å². The molecule has 2 heterocycles. The number of nitrogens with one attached hydrogen (secondary N) is 1. The number of hydrogen-bond acceptors (Lipinski definition) is 3. The van der Waals surface area contributed by atoms with Gasteiger partial charge in [0.1, 0.15) is 0 Å². The van der Waals surface area contributed by atoms with E-state index in [1.54, 1.807) is 16.3 Å². The Bertz CT molecular complexity index is 557. The van der Waals surface area contributed by atoms with Crippen LogP contribution in [0.15, 0.2) is 18.2 Å². The van der Waals surface area contributed by atoms with Gasteiger partial charge in [-0.3, -0.25) is 0 Å². The average molecular weight is 322 g/mol. The Morgan fingerprint density at radius 1 is 1.35 bits per heavy atom. The highest BCUT2D eigenvalue weighted by Gasteiger charge is 2.15. The van der Waals surface area contributed by atoms with Gasteiger partial charge in [-0.05, 0) is 43.9 Å². The summed E-state index contributed by atoms with van der Waals surface area (Å²) in [7, 11) is 4.46. The summed E-state index contributed by atoms with van der Waals surface area (Å²) in [6.07, 6.45) is 6.20. The van der Waals surface area contributed by atoms with Crippen molar-refractivity contribution in [3.05, 3.63) is 35.2 Å². The van der Waals surface area contributed by atoms with Gasteiger partial charge in [-0.1, -0.05) is 0 Å². The van der Waals surface area contributed by atoms with Gasteiger partial charge in [0.25, 0.3) is 0 Å². The fraction of sp³-hybridized carbons (Fsp3) is 0.529. The molecule has 0 atom stereocenters. The lowest BCUT2D eigenvalue weighted by atomic mass is 10.1. The summed E-state index contributed by atoms with van der Waals surface area (Å²) in [5.74, 6) is -2.80. The molecular formula is C17H26N2O4. The number of quaternary nitrogens is 1. The maximum absolute atomic E-state index is 9.53. The molecule has 0 unspecified atom stereocenters. The van der Waals surface area contributed by atoms with Crippen LogP contribution in [0.1, 0.15) is 29.8 Å². The third-order valence-electron chi connectivity index (χ3n) is 3.80. The number of aliphatic carboxylic acids is 2. The van der Waals surface area contributed by atoms with Crippen LogP contribution in [0.5, 0.6) is 0 Å². The molecule has 0 amide bonds. The second-order valence-electron chi connectivity index (χ2n) is 6.07. The van der Waals surface area contributed by atoms with E-state index in [2.05, 4.69) is 31.7 Å². The van der Waals surface area contributed by atoms with Crippen LogP contribution in [0, 0.1) is 6.92 Å². The fourth-order valence-electron chi connectivity index (χ4n) is 2.70. The summed E-state index contributed by atoms with van der Waals surface area (Å²) in [5, 5.41) is 17.2. The average Bonchev–Trinajstić information content (AvgIpc) is 2.79. The van der Waals surface area contributed by atoms with Crippen LogP contribution in [0.4, 0.5) is 0 Å². The number of likely N-dealkylation sites (N-methyl/N-ethyl adjacent to an activating group) is 1. The lowest BCUT2D eigenvalue weighted by Gasteiger charge is -2.18. The largest absolute Gasteiger partial charge is 0.545 e. The molecule has 6 heteroatoms. The zero-order valence-electron chi connectivity index (χ0n) is 14.1. The molecule has 23 heavy (non-hydrogen) atoms. The van der Waals surface area contributed by atoms with Crippen molar-refractivity contribution in [2.75, 3.05) is 20.6 Å². The van der Waals surface area contributed by atoms with Crippen molar-refractivity contribution in [1.82, 2.24) is 4.57 Å². The van der Waals surface area contributed by atoms with E-state index < -0.39 is 11.9 Å². The molecule has 0 spiro atoms. The zero-order chi connectivity index (χ0) is 17.4. The molecule has 0 saturated heterocycles. The monoisotopic (exact) mass is 322 g/mol. The highest BCUT2D eigenvalue weighted by Crippen LogP contribution is 2.22. The molecule has 0 saturated carbocycles. The number of carbonyl (C=O) groups is 2. The van der Waals surface area contributed by atoms with Gasteiger partial charge in [0.2, 0.25) is 0 Å². The van der Waals surface area contributed by atoms with Crippen molar-refractivity contribution in [1.29, 1.82) is 0 Å². The molecular weight excluding hydrogens is 296 g/mol. The first-order chi connectivity index (χ1) is 10.8. The fourth-order valence-corrected chi connectivity index (χ4v) is 2.70. The van der Waals surface area contributed by atoms with E-state index in [9.17, 15) is 14.7 Å². The summed E-state index contributed by atoms with van der Waals surface area (Å²) in [6.45, 7) is 4.76. The van der Waals surface area contributed by atoms with Crippen LogP contribution in [0.25, 0.3) is 0 Å². The standard InChI is InChI=1S/C13H22N2.C4H4O4/c1-11-10-12-6-4-5-8-15(12)13(11)7-9-14(2)3;5-3(6)1-2-4(7)8/h10H,4-9H2,1-3H3;1-2H,(H,5,6)(H,7,8)/b;2-1-. The van der Waals surface area contributed by atoms with Gasteiger partial charge in [0, 0.05) is 30.4 Å². The second-order valence-corrected chi connectivity index (χ2v) is 6.07. The first-order valence-electron chi connectivity index (χ1n) is 7.90. The van der Waals surface area contributed by atoms with Crippen LogP contribution >= 0.6 is 0 Å². The van der Waals surface area contributed by atoms with E-state index in [0.717, 1.165) is 0 Å². The third kappa shape index (κ3) is 6.69. The molecule has 2 N–H and O–H groups in total. The summed E-state index contributed by atoms with van der Waals surface area (Å²) in [4.78, 5) is 20.5. The van der Waals surface area contributed by atoms with Crippen LogP contribution in [-0.2, 0) is 29.0 Å². The number of carboxylic acids is 2. The number of nitrogens with zero attached hydrogens (tertiary/aromatic N) is 1. The van der Waals surface area contributed by atoms with Crippen molar-refractivity contribution >= 4 is 11.9 Å². The first-order valence-corrected chi connectivity index (χ1v) is 7.90. The smallest absolute Gasteiger partial charge is 0.328 e. The Morgan fingerprint density at radius 2 is 2.04 bits per heavy atom. The van der Waals surface area contributed by atoms with E-state index in [1.807, 2.05) is 0 Å². The minimum absolute atomic E-state index is 0.447. The van der Waals surface area contributed by atoms with Crippen LogP contribution in [-0.4, -0.2) is 42.3 Å². The predicted octanol–water partition coefficient (Wildman–Crippen LogP) is -0.803. The summed E-state index contributed by atoms with van der Waals surface area (Å²) in [6, 6.07) is 2.40. The number of aromatic nitrogens is 1. The second kappa shape index (κ2) is 9.15. The summed E-state index contributed by atoms with van der Waals surface area (Å²) < 4.78 is 2.57. The van der Waals surface area contributed by atoms with Crippen LogP contribution < -0.4 is 10.0 Å². The van der Waals surface area contributed by atoms with E-state index in [-0.39, 0.29) is 0 Å². The highest BCUT2D eigenvalue weighted by atomic mass is 16.4. The van der Waals surface area contributed by atoms with Crippen molar-refractivity contribution in [2.24, 2.45) is 0 Å². The van der Waals surface area contributed by atoms with Gasteiger partial charge < -0.3 is 24.5 Å². The third-order valence-corrected chi connectivity index (χ3v) is 3.80. The quantitative estimate of drug-likeness (QED) is 0.695. The maximum Gasteiger partial charge on any atom is 0.328 e. The van der Waals surface area contributed by atoms with Gasteiger partial charge >= 0.3 is 5.97 Å². The number of hydrogen-bond donors (Lipinski definition) is 2. The van der Waals surface area contributed by atoms with Crippen LogP contribution in [0.3, 0.4) is 0 Å². The van der Waals surface area contributed by atoms with Crippen molar-refractivity contribution in [2.45, 2.75) is 39.2 Å². The Morgan fingerprint density at radius 3 is 2.57 bits per heavy atom. The van der Waals surface area contributed by atoms with Gasteiger partial charge in [-0.15, -0.1) is 0 Å². The molecule has 1 aliphatic rings. The SMILES string of the molecule is Cc1cc2n(c1CC[NH+](C)C)CCCC2.O=C([O-])/C=C\C(=O)O. The molecule has 128 valence electrons.